The third kappa shape index (κ3) is 3.96. The monoisotopic (exact) mass is 323 g/mol. The number of carbonyl (C=O) groups excluding carboxylic acids is 1. The Kier molecular flexibility index (Phi) is 4.12. The maximum Gasteiger partial charge on any atom is 0.412 e. The normalized spacial score (nSPS) is 12.2. The van der Waals surface area contributed by atoms with Crippen molar-refractivity contribution in [2.24, 2.45) is 0 Å². The van der Waals surface area contributed by atoms with Crippen LogP contribution in [-0.2, 0) is 14.9 Å². The van der Waals surface area contributed by atoms with E-state index in [-0.39, 0.29) is 4.90 Å². The van der Waals surface area contributed by atoms with Gasteiger partial charge in [0.25, 0.3) is 10.1 Å². The second-order valence-electron chi connectivity index (χ2n) is 5.79. The summed E-state index contributed by atoms with van der Waals surface area (Å²) in [5.74, 6) is 0. The minimum absolute atomic E-state index is 0.172. The number of fused-ring (bicyclic) bond motifs is 1. The summed E-state index contributed by atoms with van der Waals surface area (Å²) in [5, 5.41) is 3.52. The largest absolute Gasteiger partial charge is 0.444 e. The third-order valence-corrected chi connectivity index (χ3v) is 3.68. The molecular weight excluding hydrogens is 306 g/mol. The predicted octanol–water partition coefficient (Wildman–Crippen LogP) is 3.43. The first-order valence-corrected chi connectivity index (χ1v) is 8.00. The van der Waals surface area contributed by atoms with Crippen LogP contribution in [0.1, 0.15) is 20.8 Å². The molecule has 0 fully saturated rings. The Morgan fingerprint density at radius 2 is 1.86 bits per heavy atom. The Morgan fingerprint density at radius 1 is 1.18 bits per heavy atom. The number of hydrogen-bond donors (Lipinski definition) is 2. The van der Waals surface area contributed by atoms with Gasteiger partial charge in [0.1, 0.15) is 10.5 Å². The molecule has 0 aromatic heterocycles. The first-order chi connectivity index (χ1) is 10.1. The Bertz CT molecular complexity index is 821. The summed E-state index contributed by atoms with van der Waals surface area (Å²) in [6.07, 6.45) is -0.599. The van der Waals surface area contributed by atoms with Crippen molar-refractivity contribution in [1.82, 2.24) is 0 Å². The van der Waals surface area contributed by atoms with Crippen LogP contribution in [0.2, 0.25) is 0 Å². The number of anilines is 1. The van der Waals surface area contributed by atoms with E-state index in [4.69, 9.17) is 4.74 Å². The van der Waals surface area contributed by atoms with Crippen molar-refractivity contribution < 1.29 is 22.5 Å². The molecule has 0 unspecified atom stereocenters. The van der Waals surface area contributed by atoms with Crippen LogP contribution in [0.3, 0.4) is 0 Å². The SMILES string of the molecule is CC(C)(C)OC(=O)Nc1ccc2c(S(=O)(=O)O)cccc2c1. The Hall–Kier alpha value is -2.12. The van der Waals surface area contributed by atoms with Crippen molar-refractivity contribution in [3.8, 4) is 0 Å². The summed E-state index contributed by atoms with van der Waals surface area (Å²) in [5.41, 5.74) is -0.145. The van der Waals surface area contributed by atoms with Gasteiger partial charge in [-0.1, -0.05) is 18.2 Å². The molecule has 22 heavy (non-hydrogen) atoms. The van der Waals surface area contributed by atoms with E-state index in [0.29, 0.717) is 16.5 Å². The lowest BCUT2D eigenvalue weighted by Crippen LogP contribution is -2.27. The van der Waals surface area contributed by atoms with Crippen LogP contribution in [0.4, 0.5) is 10.5 Å². The molecule has 118 valence electrons. The van der Waals surface area contributed by atoms with E-state index in [1.165, 1.54) is 18.2 Å². The molecule has 0 bridgehead atoms. The van der Waals surface area contributed by atoms with Gasteiger partial charge in [0.05, 0.1) is 0 Å². The van der Waals surface area contributed by atoms with Gasteiger partial charge >= 0.3 is 6.09 Å². The molecule has 0 saturated carbocycles. The zero-order valence-electron chi connectivity index (χ0n) is 12.5. The van der Waals surface area contributed by atoms with Crippen molar-refractivity contribution in [2.75, 3.05) is 5.32 Å². The highest BCUT2D eigenvalue weighted by Gasteiger charge is 2.17. The molecule has 0 heterocycles. The van der Waals surface area contributed by atoms with Crippen LogP contribution in [0.5, 0.6) is 0 Å². The minimum atomic E-state index is -4.30. The molecule has 0 spiro atoms. The molecule has 0 aliphatic rings. The van der Waals surface area contributed by atoms with Gasteiger partial charge in [-0.05, 0) is 44.4 Å². The van der Waals surface area contributed by atoms with Crippen molar-refractivity contribution in [1.29, 1.82) is 0 Å². The molecule has 1 amide bonds. The molecule has 0 aliphatic carbocycles. The summed E-state index contributed by atoms with van der Waals surface area (Å²) in [6, 6.07) is 9.19. The van der Waals surface area contributed by atoms with E-state index in [9.17, 15) is 17.8 Å². The molecule has 2 aromatic rings. The predicted molar refractivity (Wildman–Crippen MR) is 83.6 cm³/mol. The average Bonchev–Trinajstić information content (AvgIpc) is 2.34. The van der Waals surface area contributed by atoms with Gasteiger partial charge in [0, 0.05) is 11.1 Å². The molecule has 0 radical (unpaired) electrons. The third-order valence-electron chi connectivity index (χ3n) is 2.76. The van der Waals surface area contributed by atoms with Gasteiger partial charge in [-0.2, -0.15) is 8.42 Å². The van der Waals surface area contributed by atoms with Crippen LogP contribution in [0, 0.1) is 0 Å². The van der Waals surface area contributed by atoms with Crippen LogP contribution in [0.25, 0.3) is 10.8 Å². The number of ether oxygens (including phenoxy) is 1. The maximum atomic E-state index is 11.7. The van der Waals surface area contributed by atoms with Crippen LogP contribution < -0.4 is 5.32 Å². The Labute approximate surface area is 128 Å². The van der Waals surface area contributed by atoms with E-state index >= 15 is 0 Å². The fourth-order valence-electron chi connectivity index (χ4n) is 1.98. The quantitative estimate of drug-likeness (QED) is 0.826. The summed E-state index contributed by atoms with van der Waals surface area (Å²) in [4.78, 5) is 11.5. The standard InChI is InChI=1S/C15H17NO5S/c1-15(2,3)21-14(17)16-11-7-8-12-10(9-11)5-4-6-13(12)22(18,19)20/h4-9H,1-3H3,(H,16,17)(H,18,19,20). The molecule has 2 rings (SSSR count). The van der Waals surface area contributed by atoms with Crippen LogP contribution in [0.15, 0.2) is 41.3 Å². The molecule has 2 N–H and O–H groups in total. The topological polar surface area (TPSA) is 92.7 Å². The van der Waals surface area contributed by atoms with E-state index < -0.39 is 21.8 Å². The molecule has 2 aromatic carbocycles. The highest BCUT2D eigenvalue weighted by atomic mass is 32.2. The molecule has 0 atom stereocenters. The number of amides is 1. The van der Waals surface area contributed by atoms with Crippen molar-refractivity contribution in [2.45, 2.75) is 31.3 Å². The summed E-state index contributed by atoms with van der Waals surface area (Å²) in [6.45, 7) is 5.27. The summed E-state index contributed by atoms with van der Waals surface area (Å²) in [7, 11) is -4.30. The van der Waals surface area contributed by atoms with Gasteiger partial charge in [-0.25, -0.2) is 4.79 Å². The molecule has 0 saturated heterocycles. The van der Waals surface area contributed by atoms with Gasteiger partial charge in [0.2, 0.25) is 0 Å². The lowest BCUT2D eigenvalue weighted by Gasteiger charge is -2.19. The number of carbonyl (C=O) groups is 1. The molecule has 6 nitrogen and oxygen atoms in total. The number of hydrogen-bond acceptors (Lipinski definition) is 4. The molecule has 0 aliphatic heterocycles. The Morgan fingerprint density at radius 3 is 2.45 bits per heavy atom. The van der Waals surface area contributed by atoms with E-state index in [1.54, 1.807) is 39.0 Å². The lowest BCUT2D eigenvalue weighted by molar-refractivity contribution is 0.0636. The summed E-state index contributed by atoms with van der Waals surface area (Å²) >= 11 is 0. The smallest absolute Gasteiger partial charge is 0.412 e. The first kappa shape index (κ1) is 16.3. The second kappa shape index (κ2) is 5.58. The zero-order valence-corrected chi connectivity index (χ0v) is 13.3. The second-order valence-corrected chi connectivity index (χ2v) is 7.18. The Balaban J connectivity index is 2.35. The fourth-order valence-corrected chi connectivity index (χ4v) is 2.69. The van der Waals surface area contributed by atoms with Crippen LogP contribution >= 0.6 is 0 Å². The van der Waals surface area contributed by atoms with Gasteiger partial charge in [-0.3, -0.25) is 9.87 Å². The van der Waals surface area contributed by atoms with Crippen molar-refractivity contribution >= 4 is 32.7 Å². The average molecular weight is 323 g/mol. The maximum absolute atomic E-state index is 11.7. The van der Waals surface area contributed by atoms with Gasteiger partial charge < -0.3 is 4.74 Å². The minimum Gasteiger partial charge on any atom is -0.444 e. The van der Waals surface area contributed by atoms with E-state index in [1.807, 2.05) is 0 Å². The number of rotatable bonds is 2. The summed E-state index contributed by atoms with van der Waals surface area (Å²) < 4.78 is 37.0. The van der Waals surface area contributed by atoms with E-state index in [2.05, 4.69) is 5.32 Å². The highest BCUT2D eigenvalue weighted by molar-refractivity contribution is 7.86. The zero-order chi connectivity index (χ0) is 16.5. The van der Waals surface area contributed by atoms with Crippen molar-refractivity contribution in [3.63, 3.8) is 0 Å². The highest BCUT2D eigenvalue weighted by Crippen LogP contribution is 2.26. The molecular formula is C15H17NO5S. The molecule has 7 heteroatoms. The lowest BCUT2D eigenvalue weighted by atomic mass is 10.1. The van der Waals surface area contributed by atoms with Gasteiger partial charge in [-0.15, -0.1) is 0 Å². The first-order valence-electron chi connectivity index (χ1n) is 6.56. The number of benzene rings is 2. The van der Waals surface area contributed by atoms with Crippen molar-refractivity contribution in [3.05, 3.63) is 36.4 Å². The van der Waals surface area contributed by atoms with Gasteiger partial charge in [0.15, 0.2) is 0 Å². The number of nitrogens with one attached hydrogen (secondary N) is 1. The van der Waals surface area contributed by atoms with E-state index in [0.717, 1.165) is 0 Å². The fraction of sp³-hybridized carbons (Fsp3) is 0.267. The van der Waals surface area contributed by atoms with Crippen LogP contribution in [-0.4, -0.2) is 24.7 Å².